The zero-order valence-corrected chi connectivity index (χ0v) is 13.7. The van der Waals surface area contributed by atoms with Gasteiger partial charge in [-0.15, -0.1) is 0 Å². The summed E-state index contributed by atoms with van der Waals surface area (Å²) in [6.07, 6.45) is 6.05. The monoisotopic (exact) mass is 335 g/mol. The van der Waals surface area contributed by atoms with Crippen molar-refractivity contribution in [3.8, 4) is 0 Å². The summed E-state index contributed by atoms with van der Waals surface area (Å²) in [5.74, 6) is 1.13. The summed E-state index contributed by atoms with van der Waals surface area (Å²) in [4.78, 5) is 4.56. The SMILES string of the molecule is CCCn1ccnc1C(Cc1cccc(Br)c1)NCC. The molecule has 0 bridgehead atoms. The molecule has 1 N–H and O–H groups in total. The summed E-state index contributed by atoms with van der Waals surface area (Å²) in [7, 11) is 0. The number of halogens is 1. The van der Waals surface area contributed by atoms with Gasteiger partial charge in [-0.2, -0.15) is 0 Å². The molecule has 1 unspecified atom stereocenters. The van der Waals surface area contributed by atoms with E-state index < -0.39 is 0 Å². The minimum Gasteiger partial charge on any atom is -0.334 e. The second-order valence-corrected chi connectivity index (χ2v) is 5.84. The Balaban J connectivity index is 2.20. The molecule has 0 aliphatic heterocycles. The minimum absolute atomic E-state index is 0.260. The molecule has 1 aromatic carbocycles. The predicted molar refractivity (Wildman–Crippen MR) is 86.8 cm³/mol. The van der Waals surface area contributed by atoms with Gasteiger partial charge in [-0.25, -0.2) is 4.98 Å². The molecule has 0 aliphatic carbocycles. The molecular formula is C16H22BrN3. The lowest BCUT2D eigenvalue weighted by molar-refractivity contribution is 0.488. The lowest BCUT2D eigenvalue weighted by atomic mass is 10.1. The Kier molecular flexibility index (Phi) is 5.80. The van der Waals surface area contributed by atoms with Crippen LogP contribution in [0.2, 0.25) is 0 Å². The van der Waals surface area contributed by atoms with Crippen LogP contribution in [0.5, 0.6) is 0 Å². The van der Waals surface area contributed by atoms with Crippen molar-refractivity contribution in [1.29, 1.82) is 0 Å². The van der Waals surface area contributed by atoms with Crippen LogP contribution in [0.4, 0.5) is 0 Å². The number of aryl methyl sites for hydroxylation is 1. The van der Waals surface area contributed by atoms with E-state index in [9.17, 15) is 0 Å². The molecule has 1 atom stereocenters. The maximum atomic E-state index is 4.56. The zero-order chi connectivity index (χ0) is 14.4. The number of rotatable bonds is 7. The van der Waals surface area contributed by atoms with E-state index in [1.807, 2.05) is 6.20 Å². The molecule has 0 spiro atoms. The molecule has 0 amide bonds. The van der Waals surface area contributed by atoms with Gasteiger partial charge in [-0.05, 0) is 37.1 Å². The standard InChI is InChI=1S/C16H22BrN3/c1-3-9-20-10-8-19-16(20)15(18-4-2)12-13-6-5-7-14(17)11-13/h5-8,10-11,15,18H,3-4,9,12H2,1-2H3. The van der Waals surface area contributed by atoms with E-state index in [2.05, 4.69) is 75.1 Å². The maximum absolute atomic E-state index is 4.56. The summed E-state index contributed by atoms with van der Waals surface area (Å²) < 4.78 is 3.38. The van der Waals surface area contributed by atoms with E-state index >= 15 is 0 Å². The predicted octanol–water partition coefficient (Wildman–Crippen LogP) is 3.95. The van der Waals surface area contributed by atoms with E-state index in [0.29, 0.717) is 0 Å². The third-order valence-corrected chi connectivity index (χ3v) is 3.80. The van der Waals surface area contributed by atoms with Crippen LogP contribution in [0.1, 0.15) is 37.7 Å². The number of likely N-dealkylation sites (N-methyl/N-ethyl adjacent to an activating group) is 1. The number of hydrogen-bond acceptors (Lipinski definition) is 2. The smallest absolute Gasteiger partial charge is 0.126 e. The summed E-state index contributed by atoms with van der Waals surface area (Å²) in [5, 5.41) is 3.55. The van der Waals surface area contributed by atoms with Crippen LogP contribution in [-0.2, 0) is 13.0 Å². The molecule has 108 valence electrons. The first-order chi connectivity index (χ1) is 9.74. The number of nitrogens with zero attached hydrogens (tertiary/aromatic N) is 2. The van der Waals surface area contributed by atoms with Crippen LogP contribution < -0.4 is 5.32 Å². The van der Waals surface area contributed by atoms with Gasteiger partial charge < -0.3 is 9.88 Å². The van der Waals surface area contributed by atoms with Crippen molar-refractivity contribution < 1.29 is 0 Å². The first-order valence-corrected chi connectivity index (χ1v) is 8.02. The van der Waals surface area contributed by atoms with Crippen molar-refractivity contribution in [3.63, 3.8) is 0 Å². The average molecular weight is 336 g/mol. The van der Waals surface area contributed by atoms with E-state index in [-0.39, 0.29) is 6.04 Å². The summed E-state index contributed by atoms with van der Waals surface area (Å²) in [6.45, 7) is 6.30. The van der Waals surface area contributed by atoms with Gasteiger partial charge in [0.1, 0.15) is 5.82 Å². The van der Waals surface area contributed by atoms with Gasteiger partial charge in [0.25, 0.3) is 0 Å². The van der Waals surface area contributed by atoms with Crippen LogP contribution in [0.15, 0.2) is 41.1 Å². The fourth-order valence-electron chi connectivity index (χ4n) is 2.46. The molecule has 20 heavy (non-hydrogen) atoms. The molecule has 1 aromatic heterocycles. The lowest BCUT2D eigenvalue weighted by Crippen LogP contribution is -2.26. The van der Waals surface area contributed by atoms with Crippen LogP contribution in [0.3, 0.4) is 0 Å². The van der Waals surface area contributed by atoms with Gasteiger partial charge in [0, 0.05) is 23.4 Å². The van der Waals surface area contributed by atoms with Gasteiger partial charge in [0.2, 0.25) is 0 Å². The topological polar surface area (TPSA) is 29.9 Å². The number of hydrogen-bond donors (Lipinski definition) is 1. The normalized spacial score (nSPS) is 12.6. The molecule has 2 rings (SSSR count). The van der Waals surface area contributed by atoms with Crippen molar-refractivity contribution in [2.45, 2.75) is 39.3 Å². The lowest BCUT2D eigenvalue weighted by Gasteiger charge is -2.19. The molecule has 0 fully saturated rings. The number of nitrogens with one attached hydrogen (secondary N) is 1. The Bertz CT molecular complexity index is 536. The van der Waals surface area contributed by atoms with Gasteiger partial charge in [0.15, 0.2) is 0 Å². The number of aromatic nitrogens is 2. The second-order valence-electron chi connectivity index (χ2n) is 4.92. The number of benzene rings is 1. The molecule has 4 heteroatoms. The third-order valence-electron chi connectivity index (χ3n) is 3.30. The second kappa shape index (κ2) is 7.60. The van der Waals surface area contributed by atoms with Gasteiger partial charge in [-0.1, -0.05) is 41.9 Å². The Hall–Kier alpha value is -1.13. The van der Waals surface area contributed by atoms with Gasteiger partial charge >= 0.3 is 0 Å². The third kappa shape index (κ3) is 3.93. The van der Waals surface area contributed by atoms with Crippen molar-refractivity contribution in [2.75, 3.05) is 6.54 Å². The van der Waals surface area contributed by atoms with E-state index in [0.717, 1.165) is 36.2 Å². The summed E-state index contributed by atoms with van der Waals surface area (Å²) in [6, 6.07) is 8.75. The van der Waals surface area contributed by atoms with Crippen molar-refractivity contribution in [2.24, 2.45) is 0 Å². The quantitative estimate of drug-likeness (QED) is 0.830. The fourth-order valence-corrected chi connectivity index (χ4v) is 2.91. The molecule has 0 aliphatic rings. The highest BCUT2D eigenvalue weighted by atomic mass is 79.9. The molecule has 1 heterocycles. The van der Waals surface area contributed by atoms with Gasteiger partial charge in [0.05, 0.1) is 6.04 Å². The van der Waals surface area contributed by atoms with Crippen LogP contribution in [0, 0.1) is 0 Å². The first-order valence-electron chi connectivity index (χ1n) is 7.23. The van der Waals surface area contributed by atoms with Crippen LogP contribution in [-0.4, -0.2) is 16.1 Å². The summed E-state index contributed by atoms with van der Waals surface area (Å²) in [5.41, 5.74) is 1.32. The Labute approximate surface area is 129 Å². The summed E-state index contributed by atoms with van der Waals surface area (Å²) >= 11 is 3.54. The highest BCUT2D eigenvalue weighted by Crippen LogP contribution is 2.20. The Morgan fingerprint density at radius 1 is 1.35 bits per heavy atom. The zero-order valence-electron chi connectivity index (χ0n) is 12.1. The Morgan fingerprint density at radius 2 is 2.20 bits per heavy atom. The number of imidazole rings is 1. The molecule has 0 saturated heterocycles. The van der Waals surface area contributed by atoms with Gasteiger partial charge in [-0.3, -0.25) is 0 Å². The Morgan fingerprint density at radius 3 is 2.90 bits per heavy atom. The largest absolute Gasteiger partial charge is 0.334 e. The van der Waals surface area contributed by atoms with E-state index in [4.69, 9.17) is 0 Å². The fraction of sp³-hybridized carbons (Fsp3) is 0.438. The molecule has 2 aromatic rings. The first kappa shape index (κ1) is 15.3. The van der Waals surface area contributed by atoms with Crippen molar-refractivity contribution in [3.05, 3.63) is 52.5 Å². The van der Waals surface area contributed by atoms with Crippen molar-refractivity contribution >= 4 is 15.9 Å². The van der Waals surface area contributed by atoms with E-state index in [1.54, 1.807) is 0 Å². The van der Waals surface area contributed by atoms with Crippen LogP contribution >= 0.6 is 15.9 Å². The molecular weight excluding hydrogens is 314 g/mol. The molecule has 0 radical (unpaired) electrons. The molecule has 3 nitrogen and oxygen atoms in total. The molecule has 0 saturated carbocycles. The average Bonchev–Trinajstić information content (AvgIpc) is 2.87. The highest BCUT2D eigenvalue weighted by Gasteiger charge is 2.16. The minimum atomic E-state index is 0.260. The highest BCUT2D eigenvalue weighted by molar-refractivity contribution is 9.10. The maximum Gasteiger partial charge on any atom is 0.126 e. The van der Waals surface area contributed by atoms with E-state index in [1.165, 1.54) is 5.56 Å². The van der Waals surface area contributed by atoms with Crippen molar-refractivity contribution in [1.82, 2.24) is 14.9 Å². The van der Waals surface area contributed by atoms with Crippen LogP contribution in [0.25, 0.3) is 0 Å².